The number of ether oxygens (including phenoxy) is 6. The van der Waals surface area contributed by atoms with E-state index in [1.165, 1.54) is 19.2 Å². The van der Waals surface area contributed by atoms with Gasteiger partial charge in [-0.1, -0.05) is 22.9 Å². The lowest BCUT2D eigenvalue weighted by atomic mass is 10.1. The molecule has 1 fully saturated rings. The molecule has 12 heteroatoms. The standard InChI is InChI=1S/C23H24N4O8/c1-30-20-15-18(19(27(28)29)16-21(20)32-14-13-31-12-9-25-26-24)17-35-23-8-5-3-2-4-6-10-33-22(23)7-11-34-23/h2-3,15-16,22H,7,9-14,17H2,1H3/b3-2-/t22-,23+/m0/s1. The average Bonchev–Trinajstić information content (AvgIpc) is 3.26. The molecule has 0 aliphatic carbocycles. The maximum absolute atomic E-state index is 11.8. The summed E-state index contributed by atoms with van der Waals surface area (Å²) in [5, 5.41) is 15.2. The molecular formula is C23H24N4O8. The van der Waals surface area contributed by atoms with E-state index in [4.69, 9.17) is 34.0 Å². The first-order valence-electron chi connectivity index (χ1n) is 10.7. The average molecular weight is 484 g/mol. The molecule has 12 nitrogen and oxygen atoms in total. The van der Waals surface area contributed by atoms with Gasteiger partial charge in [0.25, 0.3) is 11.5 Å². The minimum absolute atomic E-state index is 0.113. The fourth-order valence-corrected chi connectivity index (χ4v) is 3.35. The summed E-state index contributed by atoms with van der Waals surface area (Å²) in [6.45, 7) is 1.11. The third-order valence-electron chi connectivity index (χ3n) is 4.96. The second-order valence-corrected chi connectivity index (χ2v) is 7.12. The quantitative estimate of drug-likeness (QED) is 0.0837. The van der Waals surface area contributed by atoms with E-state index in [9.17, 15) is 10.1 Å². The second kappa shape index (κ2) is 13.2. The van der Waals surface area contributed by atoms with Gasteiger partial charge in [-0.3, -0.25) is 10.1 Å². The maximum atomic E-state index is 11.8. The molecule has 0 aromatic heterocycles. The van der Waals surface area contributed by atoms with Gasteiger partial charge in [0.2, 0.25) is 0 Å². The van der Waals surface area contributed by atoms with E-state index < -0.39 is 16.8 Å². The molecule has 184 valence electrons. The van der Waals surface area contributed by atoms with Crippen LogP contribution in [-0.2, 0) is 25.6 Å². The van der Waals surface area contributed by atoms with Gasteiger partial charge in [-0.05, 0) is 29.7 Å². The SMILES string of the molecule is COc1cc(CO[C@]23C#C/C=C\C#CCO[C@H]2CCO3)c([N+](=O)[O-])cc1OCCOCCN=[N+]=[N-]. The van der Waals surface area contributed by atoms with Crippen molar-refractivity contribution >= 4 is 5.69 Å². The van der Waals surface area contributed by atoms with Crippen molar-refractivity contribution in [2.24, 2.45) is 5.11 Å². The summed E-state index contributed by atoms with van der Waals surface area (Å²) < 4.78 is 33.9. The van der Waals surface area contributed by atoms with Crippen molar-refractivity contribution in [3.8, 4) is 35.2 Å². The Morgan fingerprint density at radius 2 is 2.14 bits per heavy atom. The number of hydrogen-bond acceptors (Lipinski definition) is 9. The topological polar surface area (TPSA) is 147 Å². The number of rotatable bonds is 12. The molecule has 0 unspecified atom stereocenters. The zero-order valence-electron chi connectivity index (χ0n) is 19.1. The van der Waals surface area contributed by atoms with Crippen LogP contribution in [-0.4, -0.2) is 63.5 Å². The molecule has 35 heavy (non-hydrogen) atoms. The van der Waals surface area contributed by atoms with Gasteiger partial charge in [-0.2, -0.15) is 0 Å². The summed E-state index contributed by atoms with van der Waals surface area (Å²) in [6, 6.07) is 2.76. The van der Waals surface area contributed by atoms with Crippen LogP contribution in [0.4, 0.5) is 5.69 Å². The highest BCUT2D eigenvalue weighted by Crippen LogP contribution is 2.37. The minimum Gasteiger partial charge on any atom is -0.493 e. The Balaban J connectivity index is 1.74. The van der Waals surface area contributed by atoms with Crippen LogP contribution in [0.3, 0.4) is 0 Å². The van der Waals surface area contributed by atoms with Gasteiger partial charge >= 0.3 is 0 Å². The highest BCUT2D eigenvalue weighted by molar-refractivity contribution is 5.54. The zero-order valence-corrected chi connectivity index (χ0v) is 19.1. The van der Waals surface area contributed by atoms with Crippen LogP contribution in [0, 0.1) is 33.8 Å². The van der Waals surface area contributed by atoms with E-state index >= 15 is 0 Å². The molecule has 1 saturated heterocycles. The van der Waals surface area contributed by atoms with Crippen molar-refractivity contribution in [3.05, 3.63) is 50.4 Å². The fourth-order valence-electron chi connectivity index (χ4n) is 3.35. The number of methoxy groups -OCH3 is 1. The van der Waals surface area contributed by atoms with Crippen molar-refractivity contribution in [2.45, 2.75) is 24.9 Å². The smallest absolute Gasteiger partial charge is 0.278 e. The lowest BCUT2D eigenvalue weighted by Gasteiger charge is -2.29. The Bertz CT molecular complexity index is 1110. The molecule has 2 aliphatic heterocycles. The summed E-state index contributed by atoms with van der Waals surface area (Å²) in [6.07, 6.45) is 3.22. The molecule has 0 N–H and O–H groups in total. The summed E-state index contributed by atoms with van der Waals surface area (Å²) in [5.74, 6) is 10.5. The van der Waals surface area contributed by atoms with Crippen LogP contribution < -0.4 is 9.47 Å². The zero-order chi connectivity index (χ0) is 24.9. The summed E-state index contributed by atoms with van der Waals surface area (Å²) in [5.41, 5.74) is 8.28. The first kappa shape index (κ1) is 25.8. The van der Waals surface area contributed by atoms with Gasteiger partial charge in [0, 0.05) is 17.9 Å². The Hall–Kier alpha value is -3.77. The number of nitrogens with zero attached hydrogens (tertiary/aromatic N) is 4. The number of nitro groups is 1. The first-order valence-corrected chi connectivity index (χ1v) is 10.7. The van der Waals surface area contributed by atoms with Crippen molar-refractivity contribution in [1.82, 2.24) is 0 Å². The Kier molecular flexibility index (Phi) is 9.75. The van der Waals surface area contributed by atoms with Crippen LogP contribution in [0.1, 0.15) is 12.0 Å². The first-order chi connectivity index (χ1) is 17.1. The highest BCUT2D eigenvalue weighted by atomic mass is 16.7. The van der Waals surface area contributed by atoms with E-state index in [0.717, 1.165) is 0 Å². The normalized spacial score (nSPS) is 21.2. The molecule has 3 rings (SSSR count). The largest absolute Gasteiger partial charge is 0.493 e. The van der Waals surface area contributed by atoms with E-state index in [2.05, 4.69) is 33.7 Å². The summed E-state index contributed by atoms with van der Waals surface area (Å²) in [4.78, 5) is 13.9. The number of allylic oxidation sites excluding steroid dienone is 2. The molecular weight excluding hydrogens is 460 g/mol. The molecule has 1 aromatic rings. The summed E-state index contributed by atoms with van der Waals surface area (Å²) >= 11 is 0. The van der Waals surface area contributed by atoms with E-state index in [-0.39, 0.29) is 62.3 Å². The van der Waals surface area contributed by atoms with Crippen LogP contribution in [0.2, 0.25) is 0 Å². The molecule has 0 spiro atoms. The lowest BCUT2D eigenvalue weighted by molar-refractivity contribution is -0.386. The second-order valence-electron chi connectivity index (χ2n) is 7.12. The predicted molar refractivity (Wildman–Crippen MR) is 122 cm³/mol. The van der Waals surface area contributed by atoms with Gasteiger partial charge in [0.15, 0.2) is 11.5 Å². The Labute approximate surface area is 201 Å². The van der Waals surface area contributed by atoms with Crippen LogP contribution in [0.5, 0.6) is 11.5 Å². The Morgan fingerprint density at radius 1 is 1.29 bits per heavy atom. The van der Waals surface area contributed by atoms with E-state index in [1.54, 1.807) is 12.2 Å². The van der Waals surface area contributed by atoms with E-state index in [0.29, 0.717) is 13.0 Å². The predicted octanol–water partition coefficient (Wildman–Crippen LogP) is 2.90. The minimum atomic E-state index is -1.38. The highest BCUT2D eigenvalue weighted by Gasteiger charge is 2.46. The van der Waals surface area contributed by atoms with Crippen LogP contribution >= 0.6 is 0 Å². The van der Waals surface area contributed by atoms with Crippen molar-refractivity contribution < 1.29 is 33.3 Å². The number of benzene rings is 1. The van der Waals surface area contributed by atoms with Gasteiger partial charge in [0.05, 0.1) is 50.1 Å². The molecule has 0 radical (unpaired) electrons. The lowest BCUT2D eigenvalue weighted by Crippen LogP contribution is -2.42. The number of hydrogen-bond donors (Lipinski definition) is 0. The molecule has 1 aromatic carbocycles. The van der Waals surface area contributed by atoms with Crippen molar-refractivity contribution in [2.75, 3.05) is 46.7 Å². The molecule has 2 atom stereocenters. The number of nitro benzene ring substituents is 1. The van der Waals surface area contributed by atoms with Gasteiger partial charge in [0.1, 0.15) is 19.3 Å². The maximum Gasteiger partial charge on any atom is 0.278 e. The van der Waals surface area contributed by atoms with E-state index in [1.807, 2.05) is 0 Å². The van der Waals surface area contributed by atoms with Gasteiger partial charge < -0.3 is 28.4 Å². The number of azide groups is 1. The molecule has 0 saturated carbocycles. The fraction of sp³-hybridized carbons (Fsp3) is 0.478. The third kappa shape index (κ3) is 7.11. The molecule has 0 bridgehead atoms. The van der Waals surface area contributed by atoms with Crippen LogP contribution in [0.15, 0.2) is 29.4 Å². The van der Waals surface area contributed by atoms with Crippen molar-refractivity contribution in [3.63, 3.8) is 0 Å². The third-order valence-corrected chi connectivity index (χ3v) is 4.96. The Morgan fingerprint density at radius 3 is 2.94 bits per heavy atom. The number of fused-ring (bicyclic) bond motifs is 1. The van der Waals surface area contributed by atoms with Crippen molar-refractivity contribution in [1.29, 1.82) is 0 Å². The molecule has 2 heterocycles. The van der Waals surface area contributed by atoms with Gasteiger partial charge in [-0.25, -0.2) is 0 Å². The monoisotopic (exact) mass is 484 g/mol. The summed E-state index contributed by atoms with van der Waals surface area (Å²) in [7, 11) is 1.43. The van der Waals surface area contributed by atoms with Crippen LogP contribution in [0.25, 0.3) is 10.4 Å². The molecule has 2 aliphatic rings. The molecule has 0 amide bonds. The van der Waals surface area contributed by atoms with Gasteiger partial charge in [-0.15, -0.1) is 0 Å².